The van der Waals surface area contributed by atoms with Gasteiger partial charge in [-0.15, -0.1) is 0 Å². The number of rotatable bonds is 5. The maximum Gasteiger partial charge on any atom is 0.138 e. The third-order valence-electron chi connectivity index (χ3n) is 2.97. The van der Waals surface area contributed by atoms with Crippen LogP contribution < -0.4 is 10.1 Å². The molecule has 112 valence electrons. The summed E-state index contributed by atoms with van der Waals surface area (Å²) >= 11 is 7.12. The number of ether oxygens (including phenoxy) is 1. The van der Waals surface area contributed by atoms with E-state index < -0.39 is 0 Å². The van der Waals surface area contributed by atoms with Crippen LogP contribution in [0.1, 0.15) is 25.0 Å². The highest BCUT2D eigenvalue weighted by molar-refractivity contribution is 9.11. The molecule has 0 aliphatic rings. The Morgan fingerprint density at radius 3 is 2.38 bits per heavy atom. The molecular weight excluding hydrogens is 394 g/mol. The average molecular weight is 413 g/mol. The molecule has 4 heteroatoms. The summed E-state index contributed by atoms with van der Waals surface area (Å²) in [6, 6.07) is 12.5. The van der Waals surface area contributed by atoms with Gasteiger partial charge in [0.1, 0.15) is 5.75 Å². The number of hydrogen-bond acceptors (Lipinski definition) is 2. The Hall–Kier alpha value is -1.00. The number of nitrogens with one attached hydrogen (secondary N) is 1. The quantitative estimate of drug-likeness (QED) is 0.657. The van der Waals surface area contributed by atoms with Crippen molar-refractivity contribution in [2.45, 2.75) is 33.4 Å². The summed E-state index contributed by atoms with van der Waals surface area (Å²) in [5.74, 6) is 0.896. The largest absolute Gasteiger partial charge is 0.489 e. The molecule has 0 aliphatic carbocycles. The second-order valence-corrected chi connectivity index (χ2v) is 7.03. The summed E-state index contributed by atoms with van der Waals surface area (Å²) in [6.45, 7) is 6.87. The maximum atomic E-state index is 5.93. The normalized spacial score (nSPS) is 10.8. The highest BCUT2D eigenvalue weighted by atomic mass is 79.9. The molecule has 0 radical (unpaired) electrons. The molecule has 0 atom stereocenters. The van der Waals surface area contributed by atoms with Crippen molar-refractivity contribution < 1.29 is 4.74 Å². The summed E-state index contributed by atoms with van der Waals surface area (Å²) in [5, 5.41) is 3.43. The summed E-state index contributed by atoms with van der Waals surface area (Å²) < 4.78 is 7.93. The van der Waals surface area contributed by atoms with E-state index >= 15 is 0 Å². The minimum absolute atomic E-state index is 0.139. The van der Waals surface area contributed by atoms with E-state index in [1.165, 1.54) is 5.56 Å². The molecule has 0 unspecified atom stereocenters. The van der Waals surface area contributed by atoms with E-state index in [1.807, 2.05) is 19.9 Å². The van der Waals surface area contributed by atoms with Crippen molar-refractivity contribution in [1.82, 2.24) is 0 Å². The molecule has 2 aromatic carbocycles. The molecule has 0 spiro atoms. The van der Waals surface area contributed by atoms with Crippen molar-refractivity contribution in [2.24, 2.45) is 0 Å². The van der Waals surface area contributed by atoms with Crippen molar-refractivity contribution >= 4 is 37.5 Å². The monoisotopic (exact) mass is 411 g/mol. The molecule has 0 saturated heterocycles. The zero-order chi connectivity index (χ0) is 15.4. The Kier molecular flexibility index (Phi) is 5.71. The number of benzene rings is 2. The molecule has 0 aromatic heterocycles. The van der Waals surface area contributed by atoms with E-state index in [0.717, 1.165) is 25.9 Å². The van der Waals surface area contributed by atoms with Gasteiger partial charge in [0.2, 0.25) is 0 Å². The summed E-state index contributed by atoms with van der Waals surface area (Å²) in [5.41, 5.74) is 3.48. The number of aryl methyl sites for hydroxylation is 1. The van der Waals surface area contributed by atoms with Gasteiger partial charge in [-0.2, -0.15) is 0 Å². The lowest BCUT2D eigenvalue weighted by Crippen LogP contribution is -2.10. The van der Waals surface area contributed by atoms with Crippen LogP contribution in [0.15, 0.2) is 45.3 Å². The highest BCUT2D eigenvalue weighted by Crippen LogP contribution is 2.34. The topological polar surface area (TPSA) is 21.3 Å². The van der Waals surface area contributed by atoms with Gasteiger partial charge in [-0.05, 0) is 61.0 Å². The Labute approximate surface area is 143 Å². The van der Waals surface area contributed by atoms with Gasteiger partial charge >= 0.3 is 0 Å². The Balaban J connectivity index is 2.19. The zero-order valence-corrected chi connectivity index (χ0v) is 15.6. The van der Waals surface area contributed by atoms with Gasteiger partial charge in [-0.25, -0.2) is 0 Å². The van der Waals surface area contributed by atoms with E-state index in [-0.39, 0.29) is 6.10 Å². The van der Waals surface area contributed by atoms with Crippen LogP contribution >= 0.6 is 31.9 Å². The first-order valence-electron chi connectivity index (χ1n) is 6.91. The van der Waals surface area contributed by atoms with Gasteiger partial charge < -0.3 is 10.1 Å². The fraction of sp³-hybridized carbons (Fsp3) is 0.294. The fourth-order valence-corrected chi connectivity index (χ4v) is 3.39. The zero-order valence-electron chi connectivity index (χ0n) is 12.4. The van der Waals surface area contributed by atoms with Crippen LogP contribution in [0.3, 0.4) is 0 Å². The van der Waals surface area contributed by atoms with Crippen molar-refractivity contribution in [3.8, 4) is 5.75 Å². The van der Waals surface area contributed by atoms with E-state index in [0.29, 0.717) is 6.54 Å². The molecule has 0 bridgehead atoms. The van der Waals surface area contributed by atoms with Gasteiger partial charge in [0.15, 0.2) is 0 Å². The summed E-state index contributed by atoms with van der Waals surface area (Å²) in [7, 11) is 0. The molecule has 2 rings (SSSR count). The lowest BCUT2D eigenvalue weighted by Gasteiger charge is -2.17. The fourth-order valence-electron chi connectivity index (χ4n) is 1.98. The SMILES string of the molecule is Cc1ccc(NCc2cc(Br)cc(Br)c2OC(C)C)cc1. The molecule has 2 aromatic rings. The molecular formula is C17H19Br2NO. The third kappa shape index (κ3) is 4.75. The van der Waals surface area contributed by atoms with Crippen molar-refractivity contribution in [1.29, 1.82) is 0 Å². The van der Waals surface area contributed by atoms with Crippen molar-refractivity contribution in [2.75, 3.05) is 5.32 Å². The standard InChI is InChI=1S/C17H19Br2NO/c1-11(2)21-17-13(8-14(18)9-16(17)19)10-20-15-6-4-12(3)5-7-15/h4-9,11,20H,10H2,1-3H3. The number of hydrogen-bond donors (Lipinski definition) is 1. The lowest BCUT2D eigenvalue weighted by atomic mass is 10.2. The van der Waals surface area contributed by atoms with Crippen molar-refractivity contribution in [3.05, 3.63) is 56.5 Å². The average Bonchev–Trinajstić information content (AvgIpc) is 2.41. The first-order valence-corrected chi connectivity index (χ1v) is 8.49. The van der Waals surface area contributed by atoms with Crippen LogP contribution in [-0.4, -0.2) is 6.10 Å². The minimum atomic E-state index is 0.139. The lowest BCUT2D eigenvalue weighted by molar-refractivity contribution is 0.238. The van der Waals surface area contributed by atoms with Gasteiger partial charge in [0.25, 0.3) is 0 Å². The second-order valence-electron chi connectivity index (χ2n) is 5.26. The summed E-state index contributed by atoms with van der Waals surface area (Å²) in [4.78, 5) is 0. The Bertz CT molecular complexity index is 609. The van der Waals surface area contributed by atoms with Gasteiger partial charge in [0.05, 0.1) is 10.6 Å². The van der Waals surface area contributed by atoms with Crippen LogP contribution in [0.25, 0.3) is 0 Å². The predicted octanol–water partition coefficient (Wildman–Crippen LogP) is 5.92. The minimum Gasteiger partial charge on any atom is -0.489 e. The Morgan fingerprint density at radius 2 is 1.76 bits per heavy atom. The van der Waals surface area contributed by atoms with Crippen molar-refractivity contribution in [3.63, 3.8) is 0 Å². The molecule has 0 aliphatic heterocycles. The number of halogens is 2. The van der Waals surface area contributed by atoms with E-state index in [1.54, 1.807) is 0 Å². The van der Waals surface area contributed by atoms with E-state index in [4.69, 9.17) is 4.74 Å². The van der Waals surface area contributed by atoms with Crippen LogP contribution in [0, 0.1) is 6.92 Å². The molecule has 0 heterocycles. The van der Waals surface area contributed by atoms with Gasteiger partial charge in [-0.3, -0.25) is 0 Å². The maximum absolute atomic E-state index is 5.93. The highest BCUT2D eigenvalue weighted by Gasteiger charge is 2.11. The van der Waals surface area contributed by atoms with Gasteiger partial charge in [0, 0.05) is 22.3 Å². The smallest absolute Gasteiger partial charge is 0.138 e. The first kappa shape index (κ1) is 16.4. The van der Waals surface area contributed by atoms with E-state index in [2.05, 4.69) is 74.4 Å². The predicted molar refractivity (Wildman–Crippen MR) is 96.1 cm³/mol. The van der Waals surface area contributed by atoms with Crippen LogP contribution in [0.4, 0.5) is 5.69 Å². The molecule has 21 heavy (non-hydrogen) atoms. The third-order valence-corrected chi connectivity index (χ3v) is 4.02. The molecule has 0 saturated carbocycles. The van der Waals surface area contributed by atoms with Crippen LogP contribution in [-0.2, 0) is 6.54 Å². The molecule has 0 amide bonds. The van der Waals surface area contributed by atoms with Crippen LogP contribution in [0.2, 0.25) is 0 Å². The second kappa shape index (κ2) is 7.32. The van der Waals surface area contributed by atoms with E-state index in [9.17, 15) is 0 Å². The Morgan fingerprint density at radius 1 is 1.10 bits per heavy atom. The molecule has 2 nitrogen and oxygen atoms in total. The number of anilines is 1. The summed E-state index contributed by atoms with van der Waals surface area (Å²) in [6.07, 6.45) is 0.139. The molecule has 1 N–H and O–H groups in total. The molecule has 0 fully saturated rings. The first-order chi connectivity index (χ1) is 9.95. The van der Waals surface area contributed by atoms with Crippen LogP contribution in [0.5, 0.6) is 5.75 Å². The van der Waals surface area contributed by atoms with Gasteiger partial charge in [-0.1, -0.05) is 33.6 Å².